The van der Waals surface area contributed by atoms with Crippen LogP contribution in [0, 0.1) is 5.82 Å². The van der Waals surface area contributed by atoms with E-state index in [9.17, 15) is 14.0 Å². The number of benzene rings is 1. The monoisotopic (exact) mass is 402 g/mol. The van der Waals surface area contributed by atoms with Crippen LogP contribution in [0.2, 0.25) is 0 Å². The lowest BCUT2D eigenvalue weighted by molar-refractivity contribution is -0.131. The quantitative estimate of drug-likeness (QED) is 0.774. The minimum Gasteiger partial charge on any atom is -0.339 e. The molecule has 0 spiro atoms. The van der Waals surface area contributed by atoms with Gasteiger partial charge in [-0.3, -0.25) is 9.69 Å². The van der Waals surface area contributed by atoms with Crippen LogP contribution < -0.4 is 10.2 Å². The van der Waals surface area contributed by atoms with Gasteiger partial charge >= 0.3 is 6.03 Å². The third kappa shape index (κ3) is 4.49. The summed E-state index contributed by atoms with van der Waals surface area (Å²) >= 11 is 1.39. The van der Waals surface area contributed by atoms with E-state index in [4.69, 9.17) is 0 Å². The van der Waals surface area contributed by atoms with E-state index in [1.807, 2.05) is 16.3 Å². The molecule has 4 rings (SSSR count). The Morgan fingerprint density at radius 1 is 1.39 bits per heavy atom. The van der Waals surface area contributed by atoms with Crippen LogP contribution in [0.4, 0.5) is 14.3 Å². The Bertz CT molecular complexity index is 867. The third-order valence-electron chi connectivity index (χ3n) is 5.02. The fourth-order valence-corrected chi connectivity index (χ4v) is 4.26. The van der Waals surface area contributed by atoms with Crippen LogP contribution in [0.1, 0.15) is 30.5 Å². The highest BCUT2D eigenvalue weighted by atomic mass is 32.1. The number of carbonyl (C=O) groups is 2. The van der Waals surface area contributed by atoms with Gasteiger partial charge in [0.1, 0.15) is 5.82 Å². The van der Waals surface area contributed by atoms with Gasteiger partial charge in [-0.1, -0.05) is 12.1 Å². The largest absolute Gasteiger partial charge is 0.339 e. The van der Waals surface area contributed by atoms with Gasteiger partial charge in [0, 0.05) is 31.1 Å². The van der Waals surface area contributed by atoms with Gasteiger partial charge in [-0.05, 0) is 43.4 Å². The molecular formula is C20H23FN4O2S. The summed E-state index contributed by atoms with van der Waals surface area (Å²) in [6.45, 7) is 1.92. The lowest BCUT2D eigenvalue weighted by atomic mass is 10.1. The number of hydrogen-bond acceptors (Lipinski definition) is 4. The molecule has 2 aliphatic rings. The van der Waals surface area contributed by atoms with Crippen molar-refractivity contribution in [3.05, 3.63) is 46.7 Å². The summed E-state index contributed by atoms with van der Waals surface area (Å²) in [6, 6.07) is 6.68. The van der Waals surface area contributed by atoms with Crippen LogP contribution in [0.3, 0.4) is 0 Å². The van der Waals surface area contributed by atoms with Gasteiger partial charge in [-0.2, -0.15) is 0 Å². The van der Waals surface area contributed by atoms with E-state index < -0.39 is 0 Å². The van der Waals surface area contributed by atoms with E-state index in [0.717, 1.165) is 24.8 Å². The van der Waals surface area contributed by atoms with Gasteiger partial charge in [0.15, 0.2) is 5.13 Å². The molecule has 0 radical (unpaired) electrons. The Kier molecular flexibility index (Phi) is 5.57. The lowest BCUT2D eigenvalue weighted by Crippen LogP contribution is -2.46. The molecule has 1 saturated heterocycles. The summed E-state index contributed by atoms with van der Waals surface area (Å²) in [5.41, 5.74) is 1.59. The first kappa shape index (κ1) is 18.9. The van der Waals surface area contributed by atoms with Crippen molar-refractivity contribution >= 4 is 28.4 Å². The minimum absolute atomic E-state index is 0.0406. The van der Waals surface area contributed by atoms with E-state index in [1.165, 1.54) is 23.5 Å². The molecule has 2 aromatic rings. The van der Waals surface area contributed by atoms with E-state index >= 15 is 0 Å². The zero-order chi connectivity index (χ0) is 19.5. The Balaban J connectivity index is 1.37. The summed E-state index contributed by atoms with van der Waals surface area (Å²) in [4.78, 5) is 32.8. The van der Waals surface area contributed by atoms with Crippen LogP contribution in [0.5, 0.6) is 0 Å². The number of thiazole rings is 1. The fourth-order valence-electron chi connectivity index (χ4n) is 3.41. The Hall–Kier alpha value is -2.48. The van der Waals surface area contributed by atoms with Crippen molar-refractivity contribution < 1.29 is 14.0 Å². The number of halogens is 1. The maximum Gasteiger partial charge on any atom is 0.323 e. The van der Waals surface area contributed by atoms with E-state index in [2.05, 4.69) is 10.3 Å². The molecule has 2 heterocycles. The van der Waals surface area contributed by atoms with Crippen LogP contribution in [0.15, 0.2) is 29.6 Å². The smallest absolute Gasteiger partial charge is 0.323 e. The molecule has 1 aliphatic carbocycles. The van der Waals surface area contributed by atoms with Gasteiger partial charge in [-0.15, -0.1) is 11.3 Å². The van der Waals surface area contributed by atoms with Crippen molar-refractivity contribution in [3.8, 4) is 0 Å². The van der Waals surface area contributed by atoms with Gasteiger partial charge < -0.3 is 10.2 Å². The molecule has 28 heavy (non-hydrogen) atoms. The summed E-state index contributed by atoms with van der Waals surface area (Å²) in [5, 5.41) is 5.30. The highest BCUT2D eigenvalue weighted by molar-refractivity contribution is 7.14. The number of nitrogens with zero attached hydrogens (tertiary/aromatic N) is 3. The van der Waals surface area contributed by atoms with Crippen LogP contribution in [-0.4, -0.2) is 47.5 Å². The number of hydrogen-bond donors (Lipinski definition) is 1. The molecule has 6 nitrogen and oxygen atoms in total. The molecule has 0 atom stereocenters. The number of amides is 3. The molecule has 1 aromatic carbocycles. The third-order valence-corrected chi connectivity index (χ3v) is 5.93. The highest BCUT2D eigenvalue weighted by Gasteiger charge is 2.32. The van der Waals surface area contributed by atoms with Gasteiger partial charge in [0.2, 0.25) is 5.91 Å². The summed E-state index contributed by atoms with van der Waals surface area (Å²) < 4.78 is 13.4. The molecule has 1 aliphatic heterocycles. The Labute approximate surface area is 167 Å². The van der Waals surface area contributed by atoms with Crippen LogP contribution >= 0.6 is 11.3 Å². The first-order valence-electron chi connectivity index (χ1n) is 9.64. The predicted octanol–water partition coefficient (Wildman–Crippen LogP) is 2.98. The maximum atomic E-state index is 13.4. The average Bonchev–Trinajstić information content (AvgIpc) is 3.41. The minimum atomic E-state index is -0.251. The topological polar surface area (TPSA) is 65.5 Å². The zero-order valence-electron chi connectivity index (χ0n) is 15.6. The highest BCUT2D eigenvalue weighted by Crippen LogP contribution is 2.28. The summed E-state index contributed by atoms with van der Waals surface area (Å²) in [7, 11) is 0. The van der Waals surface area contributed by atoms with Crippen molar-refractivity contribution in [2.45, 2.75) is 38.1 Å². The van der Waals surface area contributed by atoms with Crippen molar-refractivity contribution in [1.82, 2.24) is 15.2 Å². The summed E-state index contributed by atoms with van der Waals surface area (Å²) in [6.07, 6.45) is 3.79. The molecule has 148 valence electrons. The van der Waals surface area contributed by atoms with Crippen molar-refractivity contribution in [2.75, 3.05) is 24.5 Å². The van der Waals surface area contributed by atoms with Crippen molar-refractivity contribution in [1.29, 1.82) is 0 Å². The summed E-state index contributed by atoms with van der Waals surface area (Å²) in [5.74, 6) is -0.211. The fraction of sp³-hybridized carbons (Fsp3) is 0.450. The number of aromatic nitrogens is 1. The number of urea groups is 1. The second-order valence-corrected chi connectivity index (χ2v) is 8.07. The van der Waals surface area contributed by atoms with Gasteiger partial charge in [0.25, 0.3) is 0 Å². The van der Waals surface area contributed by atoms with Crippen LogP contribution in [-0.2, 0) is 17.6 Å². The standard InChI is InChI=1S/C20H23FN4O2S/c21-15-4-1-3-14(11-15)7-10-24(17-5-6-17)18(26)12-16-13-28-20(23-16)25-9-2-8-22-19(25)27/h1,3-4,11,13,17H,2,5-10,12H2,(H,22,27). The Morgan fingerprint density at radius 3 is 3.00 bits per heavy atom. The molecule has 1 saturated carbocycles. The molecule has 1 N–H and O–H groups in total. The molecule has 8 heteroatoms. The average molecular weight is 402 g/mol. The first-order chi connectivity index (χ1) is 13.6. The number of carbonyl (C=O) groups excluding carboxylic acids is 2. The molecule has 0 unspecified atom stereocenters. The molecule has 3 amide bonds. The predicted molar refractivity (Wildman–Crippen MR) is 106 cm³/mol. The van der Waals surface area contributed by atoms with Gasteiger partial charge in [-0.25, -0.2) is 14.2 Å². The van der Waals surface area contributed by atoms with Gasteiger partial charge in [0.05, 0.1) is 12.1 Å². The normalized spacial score (nSPS) is 16.8. The molecular weight excluding hydrogens is 379 g/mol. The first-order valence-corrected chi connectivity index (χ1v) is 10.5. The number of rotatable bonds is 7. The van der Waals surface area contributed by atoms with E-state index in [1.54, 1.807) is 11.0 Å². The second kappa shape index (κ2) is 8.26. The number of anilines is 1. The molecule has 0 bridgehead atoms. The lowest BCUT2D eigenvalue weighted by Gasteiger charge is -2.24. The van der Waals surface area contributed by atoms with Crippen molar-refractivity contribution in [2.24, 2.45) is 0 Å². The van der Waals surface area contributed by atoms with Crippen LogP contribution in [0.25, 0.3) is 0 Å². The maximum absolute atomic E-state index is 13.4. The molecule has 2 fully saturated rings. The Morgan fingerprint density at radius 2 is 2.25 bits per heavy atom. The second-order valence-electron chi connectivity index (χ2n) is 7.23. The van der Waals surface area contributed by atoms with E-state index in [0.29, 0.717) is 36.9 Å². The van der Waals surface area contributed by atoms with Crippen molar-refractivity contribution in [3.63, 3.8) is 0 Å². The zero-order valence-corrected chi connectivity index (χ0v) is 16.4. The number of nitrogens with one attached hydrogen (secondary N) is 1. The SMILES string of the molecule is O=C1NCCCN1c1nc(CC(=O)N(CCc2cccc(F)c2)C2CC2)cs1. The molecule has 1 aromatic heterocycles. The van der Waals surface area contributed by atoms with E-state index in [-0.39, 0.29) is 30.2 Å².